The zero-order chi connectivity index (χ0) is 42.0. The maximum absolute atomic E-state index is 12.5. The predicted octanol–water partition coefficient (Wildman–Crippen LogP) is 1.95. The second kappa shape index (κ2) is 14.4. The number of ether oxygens (including phenoxy) is 4. The lowest BCUT2D eigenvalue weighted by atomic mass is 9.33. The van der Waals surface area contributed by atoms with E-state index >= 15 is 0 Å². The Labute approximate surface area is 334 Å². The number of carbonyl (C=O) groups is 2. The van der Waals surface area contributed by atoms with Crippen LogP contribution in [0.15, 0.2) is 11.6 Å². The van der Waals surface area contributed by atoms with E-state index in [9.17, 15) is 55.5 Å². The van der Waals surface area contributed by atoms with E-state index in [0.29, 0.717) is 18.8 Å². The highest BCUT2D eigenvalue weighted by molar-refractivity contribution is 5.74. The first kappa shape index (κ1) is 43.3. The summed E-state index contributed by atoms with van der Waals surface area (Å²) in [4.78, 5) is 24.3. The zero-order valence-electron chi connectivity index (χ0n) is 34.3. The Balaban J connectivity index is 1.15. The Morgan fingerprint density at radius 3 is 2.05 bits per heavy atom. The van der Waals surface area contributed by atoms with Gasteiger partial charge in [0.05, 0.1) is 24.2 Å². The highest BCUT2D eigenvalue weighted by Crippen LogP contribution is 2.76. The summed E-state index contributed by atoms with van der Waals surface area (Å²) in [6.45, 7) is 14.8. The van der Waals surface area contributed by atoms with E-state index in [-0.39, 0.29) is 39.9 Å². The second-order valence-electron chi connectivity index (χ2n) is 20.7. The summed E-state index contributed by atoms with van der Waals surface area (Å²) in [5, 5.41) is 94.9. The van der Waals surface area contributed by atoms with Gasteiger partial charge in [-0.05, 0) is 104 Å². The molecule has 2 heterocycles. The molecular formula is C42H66O15. The number of carboxylic acid groups (broad SMARTS) is 2. The van der Waals surface area contributed by atoms with Gasteiger partial charge in [-0.15, -0.1) is 0 Å². The van der Waals surface area contributed by atoms with Crippen LogP contribution in [0.25, 0.3) is 0 Å². The normalized spacial score (nSPS) is 54.6. The van der Waals surface area contributed by atoms with Crippen molar-refractivity contribution in [3.8, 4) is 0 Å². The van der Waals surface area contributed by atoms with Gasteiger partial charge in [-0.2, -0.15) is 0 Å². The summed E-state index contributed by atoms with van der Waals surface area (Å²) in [6, 6.07) is 0. The fraction of sp³-hybridized carbons (Fsp3) is 0.905. The Kier molecular flexibility index (Phi) is 11.0. The fourth-order valence-corrected chi connectivity index (χ4v) is 13.7. The minimum Gasteiger partial charge on any atom is -0.481 e. The number of aliphatic carboxylic acids is 2. The molecular weight excluding hydrogens is 744 g/mol. The third kappa shape index (κ3) is 6.30. The van der Waals surface area contributed by atoms with Crippen molar-refractivity contribution in [3.05, 3.63) is 11.6 Å². The molecule has 2 saturated heterocycles. The van der Waals surface area contributed by atoms with Gasteiger partial charge in [0.2, 0.25) is 0 Å². The molecule has 0 amide bonds. The lowest BCUT2D eigenvalue weighted by Gasteiger charge is -2.71. The smallest absolute Gasteiger partial charge is 0.335 e. The quantitative estimate of drug-likeness (QED) is 0.132. The number of hydrogen-bond acceptors (Lipinski definition) is 13. The first-order valence-corrected chi connectivity index (χ1v) is 20.9. The minimum absolute atomic E-state index is 0.0317. The van der Waals surface area contributed by atoms with Crippen molar-refractivity contribution < 1.29 is 74.5 Å². The molecule has 9 N–H and O–H groups in total. The van der Waals surface area contributed by atoms with Crippen molar-refractivity contribution in [2.45, 2.75) is 180 Å². The summed E-state index contributed by atoms with van der Waals surface area (Å²) < 4.78 is 23.9. The van der Waals surface area contributed by atoms with Crippen LogP contribution in [0, 0.1) is 50.2 Å². The van der Waals surface area contributed by atoms with Gasteiger partial charge in [0, 0.05) is 5.41 Å². The summed E-state index contributed by atoms with van der Waals surface area (Å²) in [5.41, 5.74) is -0.944. The van der Waals surface area contributed by atoms with Crippen LogP contribution in [0.1, 0.15) is 106 Å². The maximum atomic E-state index is 12.5. The monoisotopic (exact) mass is 810 g/mol. The predicted molar refractivity (Wildman–Crippen MR) is 200 cm³/mol. The number of aliphatic hydroxyl groups is 7. The van der Waals surface area contributed by atoms with Gasteiger partial charge in [0.1, 0.15) is 42.7 Å². The lowest BCUT2D eigenvalue weighted by molar-refractivity contribution is -0.375. The fourth-order valence-electron chi connectivity index (χ4n) is 13.7. The highest BCUT2D eigenvalue weighted by atomic mass is 16.8. The lowest BCUT2D eigenvalue weighted by Crippen LogP contribution is -2.67. The topological polar surface area (TPSA) is 253 Å². The van der Waals surface area contributed by atoms with E-state index in [2.05, 4.69) is 47.6 Å². The molecule has 7 rings (SSSR count). The van der Waals surface area contributed by atoms with Crippen LogP contribution in [0.4, 0.5) is 0 Å². The van der Waals surface area contributed by atoms with Crippen molar-refractivity contribution in [1.82, 2.24) is 0 Å². The van der Waals surface area contributed by atoms with Gasteiger partial charge in [-0.1, -0.05) is 53.2 Å². The molecule has 0 radical (unpaired) electrons. The van der Waals surface area contributed by atoms with Gasteiger partial charge >= 0.3 is 11.9 Å². The molecule has 0 aromatic heterocycles. The van der Waals surface area contributed by atoms with Crippen LogP contribution < -0.4 is 0 Å². The molecule has 2 aliphatic heterocycles. The standard InChI is InChI=1S/C42H66O15/c1-37(2)22-10-13-42(7)23(9-8-19-20-16-38(3,36(52)53)17-24(44)39(20,4)14-15-41(19,42)6)40(22,5)12-11-25(37)55-35-32(28(47)26(45)21(18-43)54-35)57-34-30(49)27(46)29(48)31(56-34)33(50)51/h8,20-32,34-35,43-49H,9-18H2,1-7H3,(H,50,51)(H,52,53). The Hall–Kier alpha value is -1.76. The summed E-state index contributed by atoms with van der Waals surface area (Å²) in [5.74, 6) is -2.03. The van der Waals surface area contributed by atoms with E-state index in [1.807, 2.05) is 0 Å². The first-order chi connectivity index (χ1) is 26.4. The molecule has 7 aliphatic rings. The van der Waals surface area contributed by atoms with Crippen LogP contribution in [-0.4, -0.2) is 138 Å². The van der Waals surface area contributed by atoms with E-state index in [4.69, 9.17) is 18.9 Å². The van der Waals surface area contributed by atoms with E-state index < -0.39 is 103 Å². The molecule has 0 aromatic carbocycles. The second-order valence-corrected chi connectivity index (χ2v) is 20.7. The number of rotatable bonds is 7. The van der Waals surface area contributed by atoms with Crippen LogP contribution in [0.2, 0.25) is 0 Å². The van der Waals surface area contributed by atoms with Crippen molar-refractivity contribution in [2.75, 3.05) is 6.61 Å². The molecule has 20 unspecified atom stereocenters. The number of allylic oxidation sites excluding steroid dienone is 2. The van der Waals surface area contributed by atoms with Gasteiger partial charge in [0.25, 0.3) is 0 Å². The molecule has 20 atom stereocenters. The third-order valence-corrected chi connectivity index (χ3v) is 17.6. The van der Waals surface area contributed by atoms with Crippen molar-refractivity contribution in [2.24, 2.45) is 50.2 Å². The molecule has 15 heteroatoms. The molecule has 5 aliphatic carbocycles. The SMILES string of the molecule is CC1(C(=O)O)CC(O)C2(C)CCC3(C)C(=CCC4C5(C)CCC(OC6OC(CO)C(O)C(O)C6OC6OC(C(=O)O)C(O)C(O)C6O)C(C)(C)C5CCC43C)C2C1. The largest absolute Gasteiger partial charge is 0.481 e. The van der Waals surface area contributed by atoms with E-state index in [0.717, 1.165) is 38.5 Å². The van der Waals surface area contributed by atoms with Gasteiger partial charge in [-0.25, -0.2) is 4.79 Å². The van der Waals surface area contributed by atoms with Crippen molar-refractivity contribution in [3.63, 3.8) is 0 Å². The Morgan fingerprint density at radius 1 is 0.737 bits per heavy atom. The average molecular weight is 811 g/mol. The van der Waals surface area contributed by atoms with Crippen LogP contribution in [-0.2, 0) is 28.5 Å². The molecule has 4 saturated carbocycles. The van der Waals surface area contributed by atoms with Gasteiger partial charge in [0.15, 0.2) is 18.7 Å². The molecule has 57 heavy (non-hydrogen) atoms. The number of carboxylic acids is 2. The molecule has 0 aromatic rings. The summed E-state index contributed by atoms with van der Waals surface area (Å²) in [6.07, 6.45) is -9.47. The zero-order valence-corrected chi connectivity index (χ0v) is 34.3. The minimum atomic E-state index is -1.96. The molecule has 15 nitrogen and oxygen atoms in total. The maximum Gasteiger partial charge on any atom is 0.335 e. The summed E-state index contributed by atoms with van der Waals surface area (Å²) >= 11 is 0. The molecule has 0 spiro atoms. The summed E-state index contributed by atoms with van der Waals surface area (Å²) in [7, 11) is 0. The third-order valence-electron chi connectivity index (χ3n) is 17.6. The van der Waals surface area contributed by atoms with E-state index in [1.54, 1.807) is 6.92 Å². The number of fused-ring (bicyclic) bond motifs is 7. The van der Waals surface area contributed by atoms with Gasteiger partial charge < -0.3 is 64.9 Å². The van der Waals surface area contributed by atoms with Crippen LogP contribution in [0.5, 0.6) is 0 Å². The molecule has 0 bridgehead atoms. The van der Waals surface area contributed by atoms with Crippen LogP contribution in [0.3, 0.4) is 0 Å². The highest BCUT2D eigenvalue weighted by Gasteiger charge is 2.69. The Morgan fingerprint density at radius 2 is 1.42 bits per heavy atom. The van der Waals surface area contributed by atoms with Gasteiger partial charge in [-0.3, -0.25) is 4.79 Å². The number of aliphatic hydroxyl groups excluding tert-OH is 7. The molecule has 6 fully saturated rings. The average Bonchev–Trinajstić information content (AvgIpc) is 3.13. The van der Waals surface area contributed by atoms with E-state index in [1.165, 1.54) is 5.57 Å². The van der Waals surface area contributed by atoms with Crippen LogP contribution >= 0.6 is 0 Å². The first-order valence-electron chi connectivity index (χ1n) is 20.9. The van der Waals surface area contributed by atoms with Crippen molar-refractivity contribution in [1.29, 1.82) is 0 Å². The Bertz CT molecular complexity index is 1600. The number of hydrogen-bond donors (Lipinski definition) is 9. The van der Waals surface area contributed by atoms with Crippen molar-refractivity contribution >= 4 is 11.9 Å². The molecule has 324 valence electrons.